The monoisotopic (exact) mass is 228 g/mol. The second-order valence-electron chi connectivity index (χ2n) is 3.86. The molecule has 0 amide bonds. The molecular weight excluding hydrogens is 212 g/mol. The third kappa shape index (κ3) is 2.77. The number of nitrogens with two attached hydrogens (primary N) is 1. The van der Waals surface area contributed by atoms with E-state index >= 15 is 0 Å². The molecule has 2 aromatic rings. The van der Waals surface area contributed by atoms with Gasteiger partial charge >= 0.3 is 0 Å². The molecule has 0 bridgehead atoms. The first-order valence-corrected chi connectivity index (χ1v) is 5.61. The molecule has 0 saturated carbocycles. The number of phenolic OH excluding ortho intramolecular Hbond substituents is 1. The summed E-state index contributed by atoms with van der Waals surface area (Å²) in [6.45, 7) is 0.471. The first-order chi connectivity index (χ1) is 8.31. The Morgan fingerprint density at radius 1 is 1.00 bits per heavy atom. The Balaban J connectivity index is 2.19. The van der Waals surface area contributed by atoms with Crippen LogP contribution in [-0.2, 0) is 0 Å². The fourth-order valence-electron chi connectivity index (χ4n) is 1.75. The number of hydrogen-bond donors (Lipinski definition) is 3. The van der Waals surface area contributed by atoms with Gasteiger partial charge < -0.3 is 16.2 Å². The van der Waals surface area contributed by atoms with Gasteiger partial charge in [-0.2, -0.15) is 0 Å². The van der Waals surface area contributed by atoms with Crippen molar-refractivity contribution in [2.45, 2.75) is 6.04 Å². The average molecular weight is 228 g/mol. The van der Waals surface area contributed by atoms with Gasteiger partial charge in [0.2, 0.25) is 0 Å². The van der Waals surface area contributed by atoms with E-state index in [9.17, 15) is 5.11 Å². The van der Waals surface area contributed by atoms with Gasteiger partial charge in [-0.1, -0.05) is 42.5 Å². The Morgan fingerprint density at radius 3 is 2.29 bits per heavy atom. The molecule has 3 nitrogen and oxygen atoms in total. The van der Waals surface area contributed by atoms with E-state index in [1.54, 1.807) is 12.1 Å². The normalized spacial score (nSPS) is 12.1. The molecule has 88 valence electrons. The van der Waals surface area contributed by atoms with Gasteiger partial charge in [-0.05, 0) is 17.7 Å². The summed E-state index contributed by atoms with van der Waals surface area (Å²) in [5.41, 5.74) is 7.57. The topological polar surface area (TPSA) is 58.3 Å². The van der Waals surface area contributed by atoms with Crippen molar-refractivity contribution in [2.24, 2.45) is 5.73 Å². The van der Waals surface area contributed by atoms with Crippen LogP contribution >= 0.6 is 0 Å². The van der Waals surface area contributed by atoms with Gasteiger partial charge in [-0.25, -0.2) is 0 Å². The highest BCUT2D eigenvalue weighted by Gasteiger charge is 2.10. The van der Waals surface area contributed by atoms with Crippen molar-refractivity contribution in [3.05, 3.63) is 60.2 Å². The first kappa shape index (κ1) is 11.5. The van der Waals surface area contributed by atoms with Crippen molar-refractivity contribution < 1.29 is 5.11 Å². The maximum atomic E-state index is 9.70. The molecule has 2 rings (SSSR count). The van der Waals surface area contributed by atoms with Crippen LogP contribution in [0.3, 0.4) is 0 Å². The van der Waals surface area contributed by atoms with Crippen LogP contribution in [0.2, 0.25) is 0 Å². The molecule has 0 aliphatic carbocycles. The minimum atomic E-state index is 0.00417. The quantitative estimate of drug-likeness (QED) is 0.705. The lowest BCUT2D eigenvalue weighted by molar-refractivity contribution is 0.476. The lowest BCUT2D eigenvalue weighted by Gasteiger charge is -2.19. The van der Waals surface area contributed by atoms with E-state index in [-0.39, 0.29) is 11.8 Å². The maximum Gasteiger partial charge on any atom is 0.138 e. The van der Waals surface area contributed by atoms with E-state index in [0.717, 1.165) is 5.56 Å². The number of anilines is 1. The van der Waals surface area contributed by atoms with Crippen molar-refractivity contribution in [2.75, 3.05) is 11.9 Å². The standard InChI is InChI=1S/C14H16N2O/c15-10-13(11-6-2-1-3-7-11)16-12-8-4-5-9-14(12)17/h1-9,13,16-17H,10,15H2. The number of aromatic hydroxyl groups is 1. The van der Waals surface area contributed by atoms with E-state index in [2.05, 4.69) is 5.32 Å². The summed E-state index contributed by atoms with van der Waals surface area (Å²) in [7, 11) is 0. The van der Waals surface area contributed by atoms with Crippen LogP contribution in [0.1, 0.15) is 11.6 Å². The molecule has 0 heterocycles. The summed E-state index contributed by atoms with van der Waals surface area (Å²) in [4.78, 5) is 0. The summed E-state index contributed by atoms with van der Waals surface area (Å²) in [5.74, 6) is 0.238. The predicted molar refractivity (Wildman–Crippen MR) is 70.0 cm³/mol. The van der Waals surface area contributed by atoms with Crippen molar-refractivity contribution in [1.82, 2.24) is 0 Å². The molecule has 0 spiro atoms. The van der Waals surface area contributed by atoms with Gasteiger partial charge in [0.05, 0.1) is 11.7 Å². The van der Waals surface area contributed by atoms with Crippen LogP contribution in [-0.4, -0.2) is 11.7 Å². The average Bonchev–Trinajstić information content (AvgIpc) is 2.39. The summed E-state index contributed by atoms with van der Waals surface area (Å²) < 4.78 is 0. The molecule has 0 aromatic heterocycles. The molecule has 1 atom stereocenters. The van der Waals surface area contributed by atoms with Crippen molar-refractivity contribution >= 4 is 5.69 Å². The number of para-hydroxylation sites is 2. The van der Waals surface area contributed by atoms with Gasteiger partial charge in [-0.15, -0.1) is 0 Å². The van der Waals surface area contributed by atoms with E-state index in [1.807, 2.05) is 42.5 Å². The molecule has 17 heavy (non-hydrogen) atoms. The van der Waals surface area contributed by atoms with E-state index in [1.165, 1.54) is 0 Å². The van der Waals surface area contributed by atoms with Crippen LogP contribution in [0.4, 0.5) is 5.69 Å². The number of hydrogen-bond acceptors (Lipinski definition) is 3. The summed E-state index contributed by atoms with van der Waals surface area (Å²) >= 11 is 0. The van der Waals surface area contributed by atoms with Gasteiger partial charge in [-0.3, -0.25) is 0 Å². The van der Waals surface area contributed by atoms with Gasteiger partial charge in [0.25, 0.3) is 0 Å². The Labute approximate surface area is 101 Å². The van der Waals surface area contributed by atoms with Crippen molar-refractivity contribution in [3.63, 3.8) is 0 Å². The SMILES string of the molecule is NCC(Nc1ccccc1O)c1ccccc1. The second-order valence-corrected chi connectivity index (χ2v) is 3.86. The maximum absolute atomic E-state index is 9.70. The number of benzene rings is 2. The zero-order valence-corrected chi connectivity index (χ0v) is 9.51. The molecule has 0 aliphatic rings. The Kier molecular flexibility index (Phi) is 3.62. The molecule has 0 radical (unpaired) electrons. The molecular formula is C14H16N2O. The molecule has 1 unspecified atom stereocenters. The van der Waals surface area contributed by atoms with E-state index in [4.69, 9.17) is 5.73 Å². The Hall–Kier alpha value is -2.00. The Morgan fingerprint density at radius 2 is 1.65 bits per heavy atom. The predicted octanol–water partition coefficient (Wildman–Crippen LogP) is 2.50. The van der Waals surface area contributed by atoms with E-state index in [0.29, 0.717) is 12.2 Å². The highest BCUT2D eigenvalue weighted by atomic mass is 16.3. The minimum absolute atomic E-state index is 0.00417. The van der Waals surface area contributed by atoms with Crippen LogP contribution in [0, 0.1) is 0 Å². The summed E-state index contributed by atoms with van der Waals surface area (Å²) in [5, 5.41) is 12.9. The summed E-state index contributed by atoms with van der Waals surface area (Å²) in [6, 6.07) is 17.1. The molecule has 0 saturated heterocycles. The lowest BCUT2D eigenvalue weighted by atomic mass is 10.1. The third-order valence-electron chi connectivity index (χ3n) is 2.67. The molecule has 0 fully saturated rings. The highest BCUT2D eigenvalue weighted by molar-refractivity contribution is 5.56. The second kappa shape index (κ2) is 5.37. The number of phenols is 1. The fraction of sp³-hybridized carbons (Fsp3) is 0.143. The first-order valence-electron chi connectivity index (χ1n) is 5.61. The fourth-order valence-corrected chi connectivity index (χ4v) is 1.75. The molecule has 0 aliphatic heterocycles. The van der Waals surface area contributed by atoms with Crippen LogP contribution in [0.25, 0.3) is 0 Å². The third-order valence-corrected chi connectivity index (χ3v) is 2.67. The van der Waals surface area contributed by atoms with Crippen molar-refractivity contribution in [3.8, 4) is 5.75 Å². The van der Waals surface area contributed by atoms with Crippen LogP contribution < -0.4 is 11.1 Å². The zero-order chi connectivity index (χ0) is 12.1. The number of nitrogens with one attached hydrogen (secondary N) is 1. The highest BCUT2D eigenvalue weighted by Crippen LogP contribution is 2.26. The van der Waals surface area contributed by atoms with Crippen LogP contribution in [0.5, 0.6) is 5.75 Å². The molecule has 2 aromatic carbocycles. The van der Waals surface area contributed by atoms with Gasteiger partial charge in [0.15, 0.2) is 0 Å². The molecule has 3 heteroatoms. The van der Waals surface area contributed by atoms with Gasteiger partial charge in [0.1, 0.15) is 5.75 Å². The lowest BCUT2D eigenvalue weighted by Crippen LogP contribution is -2.20. The largest absolute Gasteiger partial charge is 0.506 e. The minimum Gasteiger partial charge on any atom is -0.506 e. The van der Waals surface area contributed by atoms with Crippen molar-refractivity contribution in [1.29, 1.82) is 0 Å². The van der Waals surface area contributed by atoms with Gasteiger partial charge in [0, 0.05) is 6.54 Å². The summed E-state index contributed by atoms with van der Waals surface area (Å²) in [6.07, 6.45) is 0. The number of rotatable bonds is 4. The smallest absolute Gasteiger partial charge is 0.138 e. The molecule has 4 N–H and O–H groups in total. The van der Waals surface area contributed by atoms with E-state index < -0.39 is 0 Å². The van der Waals surface area contributed by atoms with Crippen LogP contribution in [0.15, 0.2) is 54.6 Å². The Bertz CT molecular complexity index is 471. The zero-order valence-electron chi connectivity index (χ0n) is 9.51.